The second-order valence-corrected chi connectivity index (χ2v) is 4.89. The van der Waals surface area contributed by atoms with Gasteiger partial charge in [-0.25, -0.2) is 0 Å². The molecule has 0 aliphatic heterocycles. The fraction of sp³-hybridized carbons (Fsp3) is 0.769. The Labute approximate surface area is 99.2 Å². The Balaban J connectivity index is 2.81. The van der Waals surface area contributed by atoms with Gasteiger partial charge in [-0.15, -0.1) is 0 Å². The SMILES string of the molecule is CCc1c(NC(C)CC)cnn1CC(C)C. The molecule has 1 heterocycles. The molecule has 0 saturated heterocycles. The molecular weight excluding hydrogens is 198 g/mol. The predicted octanol–water partition coefficient (Wildman–Crippen LogP) is 3.31. The van der Waals surface area contributed by atoms with E-state index < -0.39 is 0 Å². The van der Waals surface area contributed by atoms with E-state index in [-0.39, 0.29) is 0 Å². The Kier molecular flexibility index (Phi) is 4.84. The van der Waals surface area contributed by atoms with Gasteiger partial charge in [-0.2, -0.15) is 5.10 Å². The Hall–Kier alpha value is -0.990. The first-order chi connectivity index (χ1) is 7.58. The van der Waals surface area contributed by atoms with Gasteiger partial charge in [0.1, 0.15) is 0 Å². The van der Waals surface area contributed by atoms with Crippen LogP contribution in [0.15, 0.2) is 6.20 Å². The Morgan fingerprint density at radius 2 is 2.00 bits per heavy atom. The summed E-state index contributed by atoms with van der Waals surface area (Å²) in [5, 5.41) is 7.99. The van der Waals surface area contributed by atoms with Crippen LogP contribution in [0.2, 0.25) is 0 Å². The first kappa shape index (κ1) is 13.1. The molecule has 1 N–H and O–H groups in total. The quantitative estimate of drug-likeness (QED) is 0.802. The molecule has 1 rings (SSSR count). The lowest BCUT2D eigenvalue weighted by atomic mass is 10.2. The van der Waals surface area contributed by atoms with E-state index in [4.69, 9.17) is 0 Å². The maximum absolute atomic E-state index is 4.47. The lowest BCUT2D eigenvalue weighted by Crippen LogP contribution is -2.15. The zero-order valence-corrected chi connectivity index (χ0v) is 11.2. The number of aromatic nitrogens is 2. The highest BCUT2D eigenvalue weighted by Gasteiger charge is 2.11. The molecule has 0 bridgehead atoms. The number of hydrogen-bond acceptors (Lipinski definition) is 2. The molecule has 3 heteroatoms. The van der Waals surface area contributed by atoms with Gasteiger partial charge in [0.2, 0.25) is 0 Å². The van der Waals surface area contributed by atoms with E-state index >= 15 is 0 Å². The zero-order valence-electron chi connectivity index (χ0n) is 11.2. The van der Waals surface area contributed by atoms with Crippen molar-refractivity contribution in [1.29, 1.82) is 0 Å². The molecule has 0 radical (unpaired) electrons. The smallest absolute Gasteiger partial charge is 0.0761 e. The average Bonchev–Trinajstić information content (AvgIpc) is 2.59. The highest BCUT2D eigenvalue weighted by atomic mass is 15.3. The molecule has 1 aromatic rings. The Bertz CT molecular complexity index is 315. The zero-order chi connectivity index (χ0) is 12.1. The Morgan fingerprint density at radius 1 is 1.31 bits per heavy atom. The van der Waals surface area contributed by atoms with Crippen LogP contribution in [-0.2, 0) is 13.0 Å². The number of nitrogens with one attached hydrogen (secondary N) is 1. The third-order valence-corrected chi connectivity index (χ3v) is 2.84. The molecule has 0 spiro atoms. The van der Waals surface area contributed by atoms with E-state index in [0.29, 0.717) is 12.0 Å². The molecule has 1 aromatic heterocycles. The maximum atomic E-state index is 4.47. The normalized spacial score (nSPS) is 13.1. The molecule has 1 atom stereocenters. The van der Waals surface area contributed by atoms with Gasteiger partial charge in [0.15, 0.2) is 0 Å². The summed E-state index contributed by atoms with van der Waals surface area (Å²) in [6, 6.07) is 0.516. The van der Waals surface area contributed by atoms with Crippen molar-refractivity contribution in [2.45, 2.75) is 60.0 Å². The molecule has 0 aliphatic rings. The van der Waals surface area contributed by atoms with Crippen molar-refractivity contribution in [2.75, 3.05) is 5.32 Å². The van der Waals surface area contributed by atoms with Gasteiger partial charge in [0.25, 0.3) is 0 Å². The second-order valence-electron chi connectivity index (χ2n) is 4.89. The van der Waals surface area contributed by atoms with E-state index in [0.717, 1.165) is 19.4 Å². The van der Waals surface area contributed by atoms with Gasteiger partial charge in [0.05, 0.1) is 17.6 Å². The topological polar surface area (TPSA) is 29.9 Å². The number of nitrogens with zero attached hydrogens (tertiary/aromatic N) is 2. The van der Waals surface area contributed by atoms with Gasteiger partial charge in [-0.1, -0.05) is 27.7 Å². The van der Waals surface area contributed by atoms with Crippen molar-refractivity contribution in [1.82, 2.24) is 9.78 Å². The minimum atomic E-state index is 0.516. The summed E-state index contributed by atoms with van der Waals surface area (Å²) in [6.07, 6.45) is 4.14. The first-order valence-electron chi connectivity index (χ1n) is 6.39. The summed E-state index contributed by atoms with van der Waals surface area (Å²) >= 11 is 0. The number of rotatable bonds is 6. The highest BCUT2D eigenvalue weighted by molar-refractivity contribution is 5.47. The minimum absolute atomic E-state index is 0.516. The molecule has 3 nitrogen and oxygen atoms in total. The summed E-state index contributed by atoms with van der Waals surface area (Å²) in [4.78, 5) is 0. The molecule has 0 aromatic carbocycles. The highest BCUT2D eigenvalue weighted by Crippen LogP contribution is 2.18. The van der Waals surface area contributed by atoms with Gasteiger partial charge in [0, 0.05) is 12.6 Å². The van der Waals surface area contributed by atoms with E-state index in [1.807, 2.05) is 6.20 Å². The fourth-order valence-corrected chi connectivity index (χ4v) is 1.77. The maximum Gasteiger partial charge on any atom is 0.0761 e. The van der Waals surface area contributed by atoms with Crippen molar-refractivity contribution in [3.8, 4) is 0 Å². The van der Waals surface area contributed by atoms with Gasteiger partial charge < -0.3 is 5.32 Å². The average molecular weight is 223 g/mol. The van der Waals surface area contributed by atoms with Crippen LogP contribution in [0.25, 0.3) is 0 Å². The van der Waals surface area contributed by atoms with Crippen molar-refractivity contribution >= 4 is 5.69 Å². The van der Waals surface area contributed by atoms with Crippen LogP contribution in [0.1, 0.15) is 46.7 Å². The number of hydrogen-bond donors (Lipinski definition) is 1. The monoisotopic (exact) mass is 223 g/mol. The molecule has 0 amide bonds. The van der Waals surface area contributed by atoms with Crippen LogP contribution in [0.5, 0.6) is 0 Å². The lowest BCUT2D eigenvalue weighted by Gasteiger charge is -2.14. The first-order valence-corrected chi connectivity index (χ1v) is 6.39. The third kappa shape index (κ3) is 3.26. The summed E-state index contributed by atoms with van der Waals surface area (Å²) < 4.78 is 2.13. The van der Waals surface area contributed by atoms with Crippen LogP contribution >= 0.6 is 0 Å². The largest absolute Gasteiger partial charge is 0.380 e. The van der Waals surface area contributed by atoms with Gasteiger partial charge in [-0.3, -0.25) is 4.68 Å². The van der Waals surface area contributed by atoms with E-state index in [1.165, 1.54) is 11.4 Å². The van der Waals surface area contributed by atoms with Gasteiger partial charge in [-0.05, 0) is 25.7 Å². The fourth-order valence-electron chi connectivity index (χ4n) is 1.77. The molecule has 0 fully saturated rings. The molecule has 0 aliphatic carbocycles. The van der Waals surface area contributed by atoms with Crippen LogP contribution in [0, 0.1) is 5.92 Å². The second kappa shape index (κ2) is 5.92. The van der Waals surface area contributed by atoms with Crippen molar-refractivity contribution in [2.24, 2.45) is 5.92 Å². The van der Waals surface area contributed by atoms with Gasteiger partial charge >= 0.3 is 0 Å². The van der Waals surface area contributed by atoms with Crippen LogP contribution in [-0.4, -0.2) is 15.8 Å². The van der Waals surface area contributed by atoms with Crippen molar-refractivity contribution in [3.63, 3.8) is 0 Å². The van der Waals surface area contributed by atoms with E-state index in [2.05, 4.69) is 49.7 Å². The van der Waals surface area contributed by atoms with Crippen molar-refractivity contribution in [3.05, 3.63) is 11.9 Å². The standard InChI is InChI=1S/C13H25N3/c1-6-11(5)15-12-8-14-16(9-10(3)4)13(12)7-2/h8,10-11,15H,6-7,9H2,1-5H3. The molecule has 16 heavy (non-hydrogen) atoms. The molecular formula is C13H25N3. The summed E-state index contributed by atoms with van der Waals surface area (Å²) in [6.45, 7) is 12.0. The lowest BCUT2D eigenvalue weighted by molar-refractivity contribution is 0.470. The van der Waals surface area contributed by atoms with Crippen LogP contribution < -0.4 is 5.32 Å². The van der Waals surface area contributed by atoms with Crippen LogP contribution in [0.4, 0.5) is 5.69 Å². The van der Waals surface area contributed by atoms with E-state index in [9.17, 15) is 0 Å². The van der Waals surface area contributed by atoms with Crippen molar-refractivity contribution < 1.29 is 0 Å². The Morgan fingerprint density at radius 3 is 2.50 bits per heavy atom. The molecule has 0 saturated carbocycles. The molecule has 92 valence electrons. The predicted molar refractivity (Wildman–Crippen MR) is 69.8 cm³/mol. The van der Waals surface area contributed by atoms with Crippen LogP contribution in [0.3, 0.4) is 0 Å². The summed E-state index contributed by atoms with van der Waals surface area (Å²) in [5.74, 6) is 0.640. The third-order valence-electron chi connectivity index (χ3n) is 2.84. The summed E-state index contributed by atoms with van der Waals surface area (Å²) in [5.41, 5.74) is 2.53. The number of anilines is 1. The minimum Gasteiger partial charge on any atom is -0.380 e. The molecule has 1 unspecified atom stereocenters. The summed E-state index contributed by atoms with van der Waals surface area (Å²) in [7, 11) is 0. The van der Waals surface area contributed by atoms with E-state index in [1.54, 1.807) is 0 Å².